The number of anilines is 2. The van der Waals surface area contributed by atoms with Crippen LogP contribution >= 0.6 is 0 Å². The zero-order chi connectivity index (χ0) is 22.4. The monoisotopic (exact) mass is 449 g/mol. The summed E-state index contributed by atoms with van der Waals surface area (Å²) < 4.78 is 21.1. The first-order valence-electron chi connectivity index (χ1n) is 12.5. The molecular formula is C27H32FN3O2. The number of hydrogen-bond donors (Lipinski definition) is 0. The van der Waals surface area contributed by atoms with Gasteiger partial charge in [0.25, 0.3) is 5.91 Å². The summed E-state index contributed by atoms with van der Waals surface area (Å²) in [4.78, 5) is 19.6. The molecular weight excluding hydrogens is 417 g/mol. The standard InChI is InChI=1S/C27H32FN3O2/c28-25-16-21(5-8-26(25)30-13-10-22(17-30)29-11-1-2-12-29)31-14-9-20-15-23(33-18-19-3-4-19)6-7-24(20)27(31)32/h5-8,15-16,19,22H,1-4,9-14,17-18H2/t22-/m1/s1. The van der Waals surface area contributed by atoms with Crippen LogP contribution in [0.15, 0.2) is 36.4 Å². The van der Waals surface area contributed by atoms with Crippen molar-refractivity contribution in [2.24, 2.45) is 5.92 Å². The third kappa shape index (κ3) is 4.21. The maximum absolute atomic E-state index is 15.2. The Morgan fingerprint density at radius 3 is 2.61 bits per heavy atom. The van der Waals surface area contributed by atoms with Crippen LogP contribution in [0.2, 0.25) is 0 Å². The maximum atomic E-state index is 15.2. The summed E-state index contributed by atoms with van der Waals surface area (Å²) in [7, 11) is 0. The molecule has 1 amide bonds. The molecule has 0 spiro atoms. The van der Waals surface area contributed by atoms with Crippen LogP contribution < -0.4 is 14.5 Å². The van der Waals surface area contributed by atoms with Gasteiger partial charge in [0.1, 0.15) is 11.6 Å². The first kappa shape index (κ1) is 21.0. The lowest BCUT2D eigenvalue weighted by Crippen LogP contribution is -2.38. The van der Waals surface area contributed by atoms with Gasteiger partial charge in [0.2, 0.25) is 0 Å². The third-order valence-corrected chi connectivity index (χ3v) is 7.74. The minimum absolute atomic E-state index is 0.0626. The molecule has 0 N–H and O–H groups in total. The van der Waals surface area contributed by atoms with Crippen molar-refractivity contribution in [1.82, 2.24) is 4.90 Å². The van der Waals surface area contributed by atoms with Gasteiger partial charge in [0.15, 0.2) is 0 Å². The summed E-state index contributed by atoms with van der Waals surface area (Å²) in [6, 6.07) is 11.6. The zero-order valence-corrected chi connectivity index (χ0v) is 19.1. The number of benzene rings is 2. The summed E-state index contributed by atoms with van der Waals surface area (Å²) in [5, 5.41) is 0. The van der Waals surface area contributed by atoms with Crippen molar-refractivity contribution in [2.75, 3.05) is 49.1 Å². The Morgan fingerprint density at radius 1 is 0.970 bits per heavy atom. The van der Waals surface area contributed by atoms with Gasteiger partial charge in [0.05, 0.1) is 12.3 Å². The molecule has 1 saturated carbocycles. The Labute approximate surface area is 195 Å². The predicted molar refractivity (Wildman–Crippen MR) is 128 cm³/mol. The highest BCUT2D eigenvalue weighted by Gasteiger charge is 2.31. The predicted octanol–water partition coefficient (Wildman–Crippen LogP) is 4.49. The van der Waals surface area contributed by atoms with Gasteiger partial charge in [-0.05, 0) is 99.5 Å². The minimum Gasteiger partial charge on any atom is -0.493 e. The number of ether oxygens (including phenoxy) is 1. The van der Waals surface area contributed by atoms with E-state index in [0.717, 1.165) is 43.9 Å². The van der Waals surface area contributed by atoms with E-state index in [0.29, 0.717) is 35.4 Å². The quantitative estimate of drug-likeness (QED) is 0.651. The van der Waals surface area contributed by atoms with E-state index in [2.05, 4.69) is 9.80 Å². The molecule has 174 valence electrons. The molecule has 0 bridgehead atoms. The Bertz CT molecular complexity index is 1050. The molecule has 3 heterocycles. The van der Waals surface area contributed by atoms with E-state index in [4.69, 9.17) is 4.74 Å². The first-order chi connectivity index (χ1) is 16.2. The van der Waals surface area contributed by atoms with Crippen molar-refractivity contribution in [3.05, 3.63) is 53.3 Å². The molecule has 6 rings (SSSR count). The van der Waals surface area contributed by atoms with Crippen molar-refractivity contribution in [1.29, 1.82) is 0 Å². The maximum Gasteiger partial charge on any atom is 0.258 e. The fraction of sp³-hybridized carbons (Fsp3) is 0.519. The molecule has 0 aromatic heterocycles. The third-order valence-electron chi connectivity index (χ3n) is 7.74. The number of halogens is 1. The highest BCUT2D eigenvalue weighted by molar-refractivity contribution is 6.08. The number of rotatable bonds is 6. The van der Waals surface area contributed by atoms with Crippen molar-refractivity contribution in [2.45, 2.75) is 44.6 Å². The summed E-state index contributed by atoms with van der Waals surface area (Å²) in [6.07, 6.45) is 6.90. The van der Waals surface area contributed by atoms with E-state index in [1.54, 1.807) is 4.90 Å². The molecule has 0 unspecified atom stereocenters. The second-order valence-electron chi connectivity index (χ2n) is 10.0. The van der Waals surface area contributed by atoms with Gasteiger partial charge >= 0.3 is 0 Å². The average Bonchev–Trinajstić information content (AvgIpc) is 3.27. The van der Waals surface area contributed by atoms with Gasteiger partial charge < -0.3 is 14.5 Å². The largest absolute Gasteiger partial charge is 0.493 e. The Hall–Kier alpha value is -2.60. The molecule has 5 nitrogen and oxygen atoms in total. The normalized spacial score (nSPS) is 23.3. The summed E-state index contributed by atoms with van der Waals surface area (Å²) in [6.45, 7) is 5.44. The van der Waals surface area contributed by atoms with Gasteiger partial charge in [0, 0.05) is 36.9 Å². The van der Waals surface area contributed by atoms with Crippen molar-refractivity contribution >= 4 is 17.3 Å². The summed E-state index contributed by atoms with van der Waals surface area (Å²) in [5.74, 6) is 1.24. The lowest BCUT2D eigenvalue weighted by Gasteiger charge is -2.30. The van der Waals surface area contributed by atoms with E-state index in [9.17, 15) is 4.79 Å². The lowest BCUT2D eigenvalue weighted by molar-refractivity contribution is 0.0980. The summed E-state index contributed by atoms with van der Waals surface area (Å²) >= 11 is 0. The smallest absolute Gasteiger partial charge is 0.258 e. The van der Waals surface area contributed by atoms with Crippen LogP contribution in [0, 0.1) is 11.7 Å². The van der Waals surface area contributed by atoms with Crippen LogP contribution in [0.3, 0.4) is 0 Å². The van der Waals surface area contributed by atoms with E-state index in [1.807, 2.05) is 30.3 Å². The van der Waals surface area contributed by atoms with Crippen molar-refractivity contribution < 1.29 is 13.9 Å². The number of amides is 1. The Balaban J connectivity index is 1.15. The van der Waals surface area contributed by atoms with E-state index in [-0.39, 0.29) is 11.7 Å². The molecule has 0 radical (unpaired) electrons. The van der Waals surface area contributed by atoms with Crippen molar-refractivity contribution in [3.8, 4) is 5.75 Å². The van der Waals surface area contributed by atoms with E-state index < -0.39 is 0 Å². The first-order valence-corrected chi connectivity index (χ1v) is 12.5. The fourth-order valence-corrected chi connectivity index (χ4v) is 5.59. The number of fused-ring (bicyclic) bond motifs is 1. The number of hydrogen-bond acceptors (Lipinski definition) is 4. The van der Waals surface area contributed by atoms with Crippen molar-refractivity contribution in [3.63, 3.8) is 0 Å². The highest BCUT2D eigenvalue weighted by atomic mass is 19.1. The number of likely N-dealkylation sites (tertiary alicyclic amines) is 1. The van der Waals surface area contributed by atoms with Crippen LogP contribution in [-0.4, -0.2) is 56.2 Å². The number of carbonyl (C=O) groups excluding carboxylic acids is 1. The van der Waals surface area contributed by atoms with Gasteiger partial charge in [-0.3, -0.25) is 9.69 Å². The number of carbonyl (C=O) groups is 1. The minimum atomic E-state index is -0.239. The molecule has 2 aromatic rings. The molecule has 3 aliphatic heterocycles. The number of nitrogens with zero attached hydrogens (tertiary/aromatic N) is 3. The van der Waals surface area contributed by atoms with Crippen LogP contribution in [0.4, 0.5) is 15.8 Å². The fourth-order valence-electron chi connectivity index (χ4n) is 5.59. The van der Waals surface area contributed by atoms with Crippen LogP contribution in [0.5, 0.6) is 5.75 Å². The lowest BCUT2D eigenvalue weighted by atomic mass is 9.98. The second-order valence-corrected chi connectivity index (χ2v) is 10.0. The topological polar surface area (TPSA) is 36.0 Å². The van der Waals surface area contributed by atoms with Gasteiger partial charge in [-0.25, -0.2) is 4.39 Å². The van der Waals surface area contributed by atoms with Crippen LogP contribution in [0.1, 0.15) is 48.0 Å². The molecule has 1 atom stereocenters. The molecule has 6 heteroatoms. The molecule has 3 fully saturated rings. The second kappa shape index (κ2) is 8.64. The Kier molecular flexibility index (Phi) is 5.49. The molecule has 33 heavy (non-hydrogen) atoms. The highest BCUT2D eigenvalue weighted by Crippen LogP contribution is 2.33. The van der Waals surface area contributed by atoms with Gasteiger partial charge in [-0.1, -0.05) is 0 Å². The molecule has 2 saturated heterocycles. The van der Waals surface area contributed by atoms with E-state index in [1.165, 1.54) is 44.8 Å². The van der Waals surface area contributed by atoms with E-state index >= 15 is 4.39 Å². The molecule has 2 aromatic carbocycles. The summed E-state index contributed by atoms with van der Waals surface area (Å²) in [5.41, 5.74) is 3.00. The van der Waals surface area contributed by atoms with Crippen LogP contribution in [-0.2, 0) is 6.42 Å². The molecule has 1 aliphatic carbocycles. The Morgan fingerprint density at radius 2 is 1.82 bits per heavy atom. The SMILES string of the molecule is O=C1c2ccc(OCC3CC3)cc2CCN1c1ccc(N2CC[C@@H](N3CCCC3)C2)c(F)c1. The zero-order valence-electron chi connectivity index (χ0n) is 19.1. The average molecular weight is 450 g/mol. The van der Waals surface area contributed by atoms with Gasteiger partial charge in [-0.15, -0.1) is 0 Å². The van der Waals surface area contributed by atoms with Gasteiger partial charge in [-0.2, -0.15) is 0 Å². The molecule has 4 aliphatic rings. The van der Waals surface area contributed by atoms with Crippen LogP contribution in [0.25, 0.3) is 0 Å².